The number of anilines is 5. The molecule has 1 aliphatic heterocycles. The second-order valence-corrected chi connectivity index (χ2v) is 8.28. The molecule has 1 fully saturated rings. The van der Waals surface area contributed by atoms with E-state index in [1.807, 2.05) is 6.07 Å². The molecule has 4 N–H and O–H groups in total. The van der Waals surface area contributed by atoms with Gasteiger partial charge in [0.05, 0.1) is 28.0 Å². The van der Waals surface area contributed by atoms with E-state index in [0.29, 0.717) is 22.9 Å². The molecule has 0 bridgehead atoms. The van der Waals surface area contributed by atoms with Crippen LogP contribution >= 0.6 is 11.6 Å². The summed E-state index contributed by atoms with van der Waals surface area (Å²) in [6.45, 7) is 1.73. The Balaban J connectivity index is 1.57. The Labute approximate surface area is 200 Å². The Kier molecular flexibility index (Phi) is 7.15. The summed E-state index contributed by atoms with van der Waals surface area (Å²) in [5.41, 5.74) is 0.913. The molecular weight excluding hydrogens is 459 g/mol. The van der Waals surface area contributed by atoms with Crippen LogP contribution in [-0.2, 0) is 0 Å². The van der Waals surface area contributed by atoms with Crippen molar-refractivity contribution in [2.45, 2.75) is 12.8 Å². The highest BCUT2D eigenvalue weighted by Crippen LogP contribution is 2.32. The Morgan fingerprint density at radius 3 is 2.79 bits per heavy atom. The zero-order valence-electron chi connectivity index (χ0n) is 18.1. The number of pyridine rings is 1. The molecule has 0 radical (unpaired) electrons. The summed E-state index contributed by atoms with van der Waals surface area (Å²) in [5.74, 6) is 1.21. The number of nitrogens with zero attached hydrogens (tertiary/aromatic N) is 5. The molecule has 0 unspecified atom stereocenters. The molecule has 3 heterocycles. The molecule has 34 heavy (non-hydrogen) atoms. The first kappa shape index (κ1) is 23.4. The maximum Gasteiger partial charge on any atom is 0.149 e. The molecule has 11 heteroatoms. The number of aromatic nitrogens is 3. The lowest BCUT2D eigenvalue weighted by atomic mass is 9.99. The third kappa shape index (κ3) is 5.22. The fourth-order valence-corrected chi connectivity index (χ4v) is 4.05. The Hall–Kier alpha value is -3.81. The predicted molar refractivity (Wildman–Crippen MR) is 129 cm³/mol. The lowest BCUT2D eigenvalue weighted by molar-refractivity contribution is 0.208. The molecule has 0 spiro atoms. The van der Waals surface area contributed by atoms with Crippen molar-refractivity contribution in [2.24, 2.45) is 5.92 Å². The van der Waals surface area contributed by atoms with Crippen molar-refractivity contribution < 1.29 is 9.50 Å². The van der Waals surface area contributed by atoms with Gasteiger partial charge in [-0.2, -0.15) is 5.26 Å². The van der Waals surface area contributed by atoms with E-state index in [1.54, 1.807) is 12.1 Å². The highest BCUT2D eigenvalue weighted by atomic mass is 35.5. The molecular formula is C23H22ClFN8O. The first-order valence-electron chi connectivity index (χ1n) is 10.6. The minimum atomic E-state index is -0.686. The second kappa shape index (κ2) is 10.4. The number of halogens is 2. The standard InChI is InChI=1S/C23H22ClFN8O/c24-17-4-15(8-26)5-18(25)23(17)31-19-6-20(28-10-16(19)9-27)32-21-7-22(30-13-29-21)33-3-1-2-14(11-33)12-34/h4-7,9-10,13-14,27,34H,1-3,11-12H2,(H2,28,29,30,31,32)/t14-/m0/s1. The van der Waals surface area contributed by atoms with Crippen LogP contribution in [0.5, 0.6) is 0 Å². The van der Waals surface area contributed by atoms with Crippen molar-refractivity contribution >= 4 is 46.6 Å². The number of rotatable bonds is 7. The summed E-state index contributed by atoms with van der Waals surface area (Å²) in [7, 11) is 0. The summed E-state index contributed by atoms with van der Waals surface area (Å²) < 4.78 is 14.5. The fraction of sp³-hybridized carbons (Fsp3) is 0.261. The second-order valence-electron chi connectivity index (χ2n) is 7.88. The van der Waals surface area contributed by atoms with Crippen LogP contribution < -0.4 is 15.5 Å². The molecule has 1 saturated heterocycles. The topological polar surface area (TPSA) is 134 Å². The number of nitrogens with one attached hydrogen (secondary N) is 3. The Bertz CT molecular complexity index is 1220. The molecule has 9 nitrogen and oxygen atoms in total. The van der Waals surface area contributed by atoms with Gasteiger partial charge in [0, 0.05) is 49.8 Å². The predicted octanol–water partition coefficient (Wildman–Crippen LogP) is 4.23. The third-order valence-electron chi connectivity index (χ3n) is 5.53. The van der Waals surface area contributed by atoms with Crippen LogP contribution in [0.3, 0.4) is 0 Å². The minimum Gasteiger partial charge on any atom is -0.396 e. The SMILES string of the molecule is N#Cc1cc(F)c(Nc2cc(Nc3cc(N4CCC[C@H](CO)C4)ncn3)ncc2C=N)c(Cl)c1. The van der Waals surface area contributed by atoms with Gasteiger partial charge in [-0.25, -0.2) is 19.3 Å². The van der Waals surface area contributed by atoms with Gasteiger partial charge in [-0.15, -0.1) is 0 Å². The molecule has 0 saturated carbocycles. The number of hydrogen-bond donors (Lipinski definition) is 4. The number of nitriles is 1. The zero-order valence-corrected chi connectivity index (χ0v) is 18.8. The first-order chi connectivity index (χ1) is 16.5. The summed E-state index contributed by atoms with van der Waals surface area (Å²) in [5, 5.41) is 32.2. The van der Waals surface area contributed by atoms with Crippen LogP contribution in [-0.4, -0.2) is 46.0 Å². The van der Waals surface area contributed by atoms with E-state index >= 15 is 0 Å². The van der Waals surface area contributed by atoms with Gasteiger partial charge in [-0.1, -0.05) is 11.6 Å². The normalized spacial score (nSPS) is 15.5. The quantitative estimate of drug-likeness (QED) is 0.369. The summed E-state index contributed by atoms with van der Waals surface area (Å²) in [4.78, 5) is 15.0. The zero-order chi connectivity index (χ0) is 24.1. The van der Waals surface area contributed by atoms with Crippen molar-refractivity contribution in [1.29, 1.82) is 10.7 Å². The maximum atomic E-state index is 14.5. The molecule has 2 aromatic heterocycles. The highest BCUT2D eigenvalue weighted by Gasteiger charge is 2.21. The minimum absolute atomic E-state index is 0.00576. The van der Waals surface area contributed by atoms with Crippen molar-refractivity contribution in [1.82, 2.24) is 15.0 Å². The van der Waals surface area contributed by atoms with Gasteiger partial charge in [0.2, 0.25) is 0 Å². The summed E-state index contributed by atoms with van der Waals surface area (Å²) >= 11 is 6.16. The van der Waals surface area contributed by atoms with Gasteiger partial charge in [0.1, 0.15) is 29.6 Å². The molecule has 3 aromatic rings. The molecule has 0 amide bonds. The van der Waals surface area contributed by atoms with E-state index in [1.165, 1.54) is 18.6 Å². The van der Waals surface area contributed by atoms with Crippen LogP contribution in [0.4, 0.5) is 33.2 Å². The lowest BCUT2D eigenvalue weighted by Gasteiger charge is -2.32. The van der Waals surface area contributed by atoms with Gasteiger partial charge < -0.3 is 26.0 Å². The van der Waals surface area contributed by atoms with Gasteiger partial charge in [0.25, 0.3) is 0 Å². The Morgan fingerprint density at radius 1 is 1.24 bits per heavy atom. The number of aliphatic hydroxyl groups excluding tert-OH is 1. The molecule has 0 aliphatic carbocycles. The van der Waals surface area contributed by atoms with Crippen LogP contribution in [0.15, 0.2) is 36.8 Å². The van der Waals surface area contributed by atoms with Gasteiger partial charge in [-0.05, 0) is 30.9 Å². The third-order valence-corrected chi connectivity index (χ3v) is 5.83. The first-order valence-corrected chi connectivity index (χ1v) is 11.0. The average molecular weight is 481 g/mol. The van der Waals surface area contributed by atoms with E-state index in [-0.39, 0.29) is 28.8 Å². The van der Waals surface area contributed by atoms with E-state index < -0.39 is 5.82 Å². The van der Waals surface area contributed by atoms with Crippen LogP contribution in [0.25, 0.3) is 0 Å². The summed E-state index contributed by atoms with van der Waals surface area (Å²) in [6.07, 6.45) is 5.98. The van der Waals surface area contributed by atoms with Crippen LogP contribution in [0.2, 0.25) is 5.02 Å². The Morgan fingerprint density at radius 2 is 2.06 bits per heavy atom. The summed E-state index contributed by atoms with van der Waals surface area (Å²) in [6, 6.07) is 7.72. The van der Waals surface area contributed by atoms with E-state index in [4.69, 9.17) is 22.3 Å². The number of aliphatic hydroxyl groups is 1. The maximum absolute atomic E-state index is 14.5. The highest BCUT2D eigenvalue weighted by molar-refractivity contribution is 6.33. The molecule has 4 rings (SSSR count). The van der Waals surface area contributed by atoms with Gasteiger partial charge in [0.15, 0.2) is 0 Å². The van der Waals surface area contributed by atoms with Crippen LogP contribution in [0, 0.1) is 28.5 Å². The van der Waals surface area contributed by atoms with Gasteiger partial charge in [-0.3, -0.25) is 0 Å². The molecule has 1 aliphatic rings. The monoisotopic (exact) mass is 480 g/mol. The molecule has 1 aromatic carbocycles. The van der Waals surface area contributed by atoms with Crippen LogP contribution in [0.1, 0.15) is 24.0 Å². The molecule has 174 valence electrons. The smallest absolute Gasteiger partial charge is 0.149 e. The average Bonchev–Trinajstić information content (AvgIpc) is 2.86. The fourth-order valence-electron chi connectivity index (χ4n) is 3.79. The lowest BCUT2D eigenvalue weighted by Crippen LogP contribution is -2.37. The van der Waals surface area contributed by atoms with Crippen molar-refractivity contribution in [2.75, 3.05) is 35.2 Å². The number of piperidine rings is 1. The van der Waals surface area contributed by atoms with Crippen molar-refractivity contribution in [3.63, 3.8) is 0 Å². The van der Waals surface area contributed by atoms with Gasteiger partial charge >= 0.3 is 0 Å². The number of hydrogen-bond acceptors (Lipinski definition) is 9. The largest absolute Gasteiger partial charge is 0.396 e. The van der Waals surface area contributed by atoms with E-state index in [2.05, 4.69) is 30.5 Å². The van der Waals surface area contributed by atoms with E-state index in [9.17, 15) is 9.50 Å². The van der Waals surface area contributed by atoms with Crippen molar-refractivity contribution in [3.05, 3.63) is 58.8 Å². The van der Waals surface area contributed by atoms with Crippen molar-refractivity contribution in [3.8, 4) is 6.07 Å². The number of benzene rings is 1. The van der Waals surface area contributed by atoms with E-state index in [0.717, 1.165) is 44.0 Å². The molecule has 1 atom stereocenters.